The fraction of sp³-hybridized carbons (Fsp3) is 0.933. The largest absolute Gasteiger partial charge is 0.383 e. The summed E-state index contributed by atoms with van der Waals surface area (Å²) in [5, 5.41) is 6.66. The zero-order chi connectivity index (χ0) is 14.6. The van der Waals surface area contributed by atoms with Crippen LogP contribution < -0.4 is 10.6 Å². The van der Waals surface area contributed by atoms with Crippen LogP contribution in [0.3, 0.4) is 0 Å². The number of guanidine groups is 1. The monoisotopic (exact) mass is 412 g/mol. The minimum Gasteiger partial charge on any atom is -0.383 e. The van der Waals surface area contributed by atoms with Crippen LogP contribution in [0.5, 0.6) is 0 Å². The van der Waals surface area contributed by atoms with E-state index in [4.69, 9.17) is 9.73 Å². The van der Waals surface area contributed by atoms with Gasteiger partial charge in [-0.05, 0) is 45.2 Å². The lowest BCUT2D eigenvalue weighted by atomic mass is 9.97. The second-order valence-electron chi connectivity index (χ2n) is 5.42. The number of likely N-dealkylation sites (tertiary alicyclic amines) is 1. The van der Waals surface area contributed by atoms with Gasteiger partial charge in [-0.25, -0.2) is 0 Å². The Hall–Kier alpha value is -0.0800. The number of nitrogens with one attached hydrogen (secondary N) is 2. The molecule has 0 aromatic heterocycles. The Labute approximate surface area is 147 Å². The van der Waals surface area contributed by atoms with E-state index in [9.17, 15) is 0 Å². The molecule has 1 saturated heterocycles. The highest BCUT2D eigenvalue weighted by molar-refractivity contribution is 14.0. The van der Waals surface area contributed by atoms with Crippen LogP contribution in [0, 0.1) is 5.92 Å². The first-order valence-electron chi connectivity index (χ1n) is 8.03. The molecule has 1 heterocycles. The molecule has 126 valence electrons. The standard InChI is InChI=1S/C15H32N4O.HI/c1-4-8-17-15(16-5-2)18-13-14-6-9-19(10-7-14)11-12-20-3;/h14H,4-13H2,1-3H3,(H2,16,17,18);1H. The van der Waals surface area contributed by atoms with Gasteiger partial charge in [0.2, 0.25) is 0 Å². The zero-order valence-corrected chi connectivity index (χ0v) is 16.2. The SMILES string of the molecule is CCCNC(=NCC1CCN(CCOC)CC1)NCC.I. The van der Waals surface area contributed by atoms with E-state index in [0.29, 0.717) is 0 Å². The summed E-state index contributed by atoms with van der Waals surface area (Å²) in [6.45, 7) is 11.4. The highest BCUT2D eigenvalue weighted by atomic mass is 127. The Kier molecular flexibility index (Phi) is 13.5. The molecule has 0 radical (unpaired) electrons. The predicted octanol–water partition coefficient (Wildman–Crippen LogP) is 1.93. The van der Waals surface area contributed by atoms with Crippen molar-refractivity contribution < 1.29 is 4.74 Å². The van der Waals surface area contributed by atoms with E-state index in [1.165, 1.54) is 25.9 Å². The first kappa shape index (κ1) is 20.9. The van der Waals surface area contributed by atoms with Gasteiger partial charge in [-0.2, -0.15) is 0 Å². The number of aliphatic imine (C=N–C) groups is 1. The first-order chi connectivity index (χ1) is 9.80. The summed E-state index contributed by atoms with van der Waals surface area (Å²) in [4.78, 5) is 7.20. The zero-order valence-electron chi connectivity index (χ0n) is 13.9. The molecular formula is C15H33IN4O. The average molecular weight is 412 g/mol. The quantitative estimate of drug-likeness (QED) is 0.364. The van der Waals surface area contributed by atoms with E-state index in [2.05, 4.69) is 29.4 Å². The molecule has 1 aliphatic rings. The minimum absolute atomic E-state index is 0. The van der Waals surface area contributed by atoms with E-state index in [0.717, 1.165) is 51.1 Å². The first-order valence-corrected chi connectivity index (χ1v) is 8.03. The number of ether oxygens (including phenoxy) is 1. The molecule has 0 aromatic rings. The Morgan fingerprint density at radius 2 is 1.95 bits per heavy atom. The molecule has 1 aliphatic heterocycles. The molecule has 0 atom stereocenters. The molecule has 1 fully saturated rings. The Balaban J connectivity index is 0.00000400. The number of methoxy groups -OCH3 is 1. The van der Waals surface area contributed by atoms with Gasteiger partial charge in [0.25, 0.3) is 0 Å². The van der Waals surface area contributed by atoms with Crippen LogP contribution in [-0.4, -0.2) is 63.8 Å². The summed E-state index contributed by atoms with van der Waals surface area (Å²) in [6, 6.07) is 0. The van der Waals surface area contributed by atoms with Gasteiger partial charge in [0, 0.05) is 33.3 Å². The predicted molar refractivity (Wildman–Crippen MR) is 101 cm³/mol. The fourth-order valence-corrected chi connectivity index (χ4v) is 2.42. The Morgan fingerprint density at radius 1 is 1.24 bits per heavy atom. The maximum atomic E-state index is 5.13. The van der Waals surface area contributed by atoms with Crippen molar-refractivity contribution in [3.05, 3.63) is 0 Å². The summed E-state index contributed by atoms with van der Waals surface area (Å²) in [5.41, 5.74) is 0. The van der Waals surface area contributed by atoms with Gasteiger partial charge < -0.3 is 20.3 Å². The summed E-state index contributed by atoms with van der Waals surface area (Å²) < 4.78 is 5.13. The van der Waals surface area contributed by atoms with Crippen LogP contribution in [0.15, 0.2) is 4.99 Å². The third-order valence-corrected chi connectivity index (χ3v) is 3.71. The maximum Gasteiger partial charge on any atom is 0.191 e. The van der Waals surface area contributed by atoms with E-state index in [1.807, 2.05) is 0 Å². The number of halogens is 1. The molecule has 0 amide bonds. The minimum atomic E-state index is 0. The molecular weight excluding hydrogens is 379 g/mol. The van der Waals surface area contributed by atoms with E-state index in [1.54, 1.807) is 7.11 Å². The van der Waals surface area contributed by atoms with Crippen LogP contribution in [0.1, 0.15) is 33.1 Å². The molecule has 6 heteroatoms. The molecule has 0 aliphatic carbocycles. The maximum absolute atomic E-state index is 5.13. The Morgan fingerprint density at radius 3 is 2.52 bits per heavy atom. The molecule has 0 spiro atoms. The molecule has 2 N–H and O–H groups in total. The van der Waals surface area contributed by atoms with Crippen molar-refractivity contribution in [2.45, 2.75) is 33.1 Å². The molecule has 5 nitrogen and oxygen atoms in total. The van der Waals surface area contributed by atoms with E-state index < -0.39 is 0 Å². The van der Waals surface area contributed by atoms with Crippen LogP contribution >= 0.6 is 24.0 Å². The average Bonchev–Trinajstić information content (AvgIpc) is 2.49. The lowest BCUT2D eigenvalue weighted by molar-refractivity contribution is 0.121. The lowest BCUT2D eigenvalue weighted by Crippen LogP contribution is -2.39. The van der Waals surface area contributed by atoms with Gasteiger partial charge in [-0.15, -0.1) is 24.0 Å². The molecule has 0 unspecified atom stereocenters. The van der Waals surface area contributed by atoms with Gasteiger partial charge >= 0.3 is 0 Å². The number of rotatable bonds is 8. The topological polar surface area (TPSA) is 48.9 Å². The van der Waals surface area contributed by atoms with E-state index >= 15 is 0 Å². The van der Waals surface area contributed by atoms with Crippen molar-refractivity contribution in [1.82, 2.24) is 15.5 Å². The smallest absolute Gasteiger partial charge is 0.191 e. The molecule has 0 bridgehead atoms. The van der Waals surface area contributed by atoms with Crippen molar-refractivity contribution >= 4 is 29.9 Å². The molecule has 1 rings (SSSR count). The van der Waals surface area contributed by atoms with Gasteiger partial charge in [0.1, 0.15) is 0 Å². The highest BCUT2D eigenvalue weighted by Gasteiger charge is 2.18. The lowest BCUT2D eigenvalue weighted by Gasteiger charge is -2.31. The van der Waals surface area contributed by atoms with Crippen LogP contribution in [0.2, 0.25) is 0 Å². The third-order valence-electron chi connectivity index (χ3n) is 3.71. The molecule has 0 saturated carbocycles. The number of piperidine rings is 1. The Bertz CT molecular complexity index is 268. The fourth-order valence-electron chi connectivity index (χ4n) is 2.42. The summed E-state index contributed by atoms with van der Waals surface area (Å²) in [7, 11) is 1.77. The van der Waals surface area contributed by atoms with Crippen molar-refractivity contribution in [1.29, 1.82) is 0 Å². The summed E-state index contributed by atoms with van der Waals surface area (Å²) in [5.74, 6) is 1.70. The van der Waals surface area contributed by atoms with E-state index in [-0.39, 0.29) is 24.0 Å². The second kappa shape index (κ2) is 13.6. The van der Waals surface area contributed by atoms with Crippen molar-refractivity contribution in [3.63, 3.8) is 0 Å². The van der Waals surface area contributed by atoms with Gasteiger partial charge in [-0.1, -0.05) is 6.92 Å². The van der Waals surface area contributed by atoms with Gasteiger partial charge in [-0.3, -0.25) is 4.99 Å². The summed E-state index contributed by atoms with van der Waals surface area (Å²) >= 11 is 0. The highest BCUT2D eigenvalue weighted by Crippen LogP contribution is 2.17. The van der Waals surface area contributed by atoms with Gasteiger partial charge in [0.15, 0.2) is 5.96 Å². The number of hydrogen-bond acceptors (Lipinski definition) is 3. The van der Waals surface area contributed by atoms with Crippen molar-refractivity contribution in [2.75, 3.05) is 53.0 Å². The van der Waals surface area contributed by atoms with Gasteiger partial charge in [0.05, 0.1) is 6.61 Å². The second-order valence-corrected chi connectivity index (χ2v) is 5.42. The number of nitrogens with zero attached hydrogens (tertiary/aromatic N) is 2. The normalized spacial score (nSPS) is 17.4. The van der Waals surface area contributed by atoms with Crippen molar-refractivity contribution in [3.8, 4) is 0 Å². The number of hydrogen-bond donors (Lipinski definition) is 2. The van der Waals surface area contributed by atoms with Crippen LogP contribution in [0.25, 0.3) is 0 Å². The third kappa shape index (κ3) is 9.52. The van der Waals surface area contributed by atoms with Crippen LogP contribution in [0.4, 0.5) is 0 Å². The van der Waals surface area contributed by atoms with Crippen molar-refractivity contribution in [2.24, 2.45) is 10.9 Å². The van der Waals surface area contributed by atoms with Crippen LogP contribution in [-0.2, 0) is 4.74 Å². The molecule has 0 aromatic carbocycles. The summed E-state index contributed by atoms with van der Waals surface area (Å²) in [6.07, 6.45) is 3.63. The molecule has 21 heavy (non-hydrogen) atoms.